The first kappa shape index (κ1) is 17.3. The number of imidazole rings is 1. The Morgan fingerprint density at radius 3 is 2.96 bits per heavy atom. The standard InChI is InChI=1S/C19H24N8O/c1-2-7-26-8-4-15-17(21-13-20-15)19(26)5-10-25(11-6-19)18(28)14-3-9-27-16(12-14)22-23-24-27/h3,9,12-13H,2,4-8,10-11H2,1H3,(H,20,21). The van der Waals surface area contributed by atoms with Gasteiger partial charge in [-0.05, 0) is 48.4 Å². The highest BCUT2D eigenvalue weighted by molar-refractivity contribution is 5.95. The van der Waals surface area contributed by atoms with Gasteiger partial charge in [-0.1, -0.05) is 6.92 Å². The normalized spacial score (nSPS) is 19.2. The number of likely N-dealkylation sites (tertiary alicyclic amines) is 1. The van der Waals surface area contributed by atoms with Crippen LogP contribution in [0.25, 0.3) is 5.65 Å². The van der Waals surface area contributed by atoms with Gasteiger partial charge in [0.25, 0.3) is 5.91 Å². The van der Waals surface area contributed by atoms with Gasteiger partial charge in [0, 0.05) is 43.5 Å². The average Bonchev–Trinajstić information content (AvgIpc) is 3.39. The Balaban J connectivity index is 1.38. The van der Waals surface area contributed by atoms with Crippen molar-refractivity contribution in [2.45, 2.75) is 38.1 Å². The van der Waals surface area contributed by atoms with Crippen LogP contribution in [0, 0.1) is 0 Å². The molecule has 0 aliphatic carbocycles. The summed E-state index contributed by atoms with van der Waals surface area (Å²) in [5.74, 6) is 0.0421. The summed E-state index contributed by atoms with van der Waals surface area (Å²) >= 11 is 0. The Labute approximate surface area is 162 Å². The molecule has 1 saturated heterocycles. The Hall–Kier alpha value is -2.81. The average molecular weight is 380 g/mol. The number of rotatable bonds is 3. The number of hydrogen-bond donors (Lipinski definition) is 1. The van der Waals surface area contributed by atoms with Crippen molar-refractivity contribution >= 4 is 11.6 Å². The molecule has 2 aliphatic heterocycles. The summed E-state index contributed by atoms with van der Waals surface area (Å²) in [5.41, 5.74) is 3.61. The van der Waals surface area contributed by atoms with Crippen molar-refractivity contribution < 1.29 is 4.79 Å². The fourth-order valence-corrected chi connectivity index (χ4v) is 4.81. The monoisotopic (exact) mass is 380 g/mol. The molecule has 5 rings (SSSR count). The van der Waals surface area contributed by atoms with Crippen LogP contribution >= 0.6 is 0 Å². The third-order valence-electron chi connectivity index (χ3n) is 6.21. The minimum Gasteiger partial charge on any atom is -0.348 e. The number of nitrogens with zero attached hydrogens (tertiary/aromatic N) is 7. The largest absolute Gasteiger partial charge is 0.348 e. The summed E-state index contributed by atoms with van der Waals surface area (Å²) in [4.78, 5) is 25.6. The number of carbonyl (C=O) groups excluding carboxylic acids is 1. The molecule has 3 aromatic heterocycles. The van der Waals surface area contributed by atoms with Crippen LogP contribution in [0.1, 0.15) is 47.9 Å². The molecule has 0 unspecified atom stereocenters. The number of fused-ring (bicyclic) bond motifs is 3. The molecule has 0 aromatic carbocycles. The second kappa shape index (κ2) is 6.66. The zero-order chi connectivity index (χ0) is 19.1. The first-order valence-electron chi connectivity index (χ1n) is 9.96. The minimum atomic E-state index is -0.0543. The summed E-state index contributed by atoms with van der Waals surface area (Å²) in [7, 11) is 0. The van der Waals surface area contributed by atoms with E-state index in [0.29, 0.717) is 11.2 Å². The quantitative estimate of drug-likeness (QED) is 0.735. The van der Waals surface area contributed by atoms with Crippen LogP contribution in [-0.4, -0.2) is 71.9 Å². The van der Waals surface area contributed by atoms with Crippen molar-refractivity contribution in [1.29, 1.82) is 0 Å². The minimum absolute atomic E-state index is 0.0421. The summed E-state index contributed by atoms with van der Waals surface area (Å²) in [6.45, 7) is 5.79. The maximum Gasteiger partial charge on any atom is 0.254 e. The van der Waals surface area contributed by atoms with Gasteiger partial charge in [0.1, 0.15) is 0 Å². The number of aromatic nitrogens is 6. The zero-order valence-corrected chi connectivity index (χ0v) is 16.0. The predicted octanol–water partition coefficient (Wildman–Crippen LogP) is 1.25. The number of piperidine rings is 1. The topological polar surface area (TPSA) is 95.3 Å². The number of pyridine rings is 1. The molecule has 0 bridgehead atoms. The lowest BCUT2D eigenvalue weighted by atomic mass is 9.78. The molecule has 1 N–H and O–H groups in total. The third kappa shape index (κ3) is 2.61. The molecule has 3 aromatic rings. The number of hydrogen-bond acceptors (Lipinski definition) is 6. The molecule has 9 nitrogen and oxygen atoms in total. The summed E-state index contributed by atoms with van der Waals surface area (Å²) < 4.78 is 1.56. The fraction of sp³-hybridized carbons (Fsp3) is 0.526. The lowest BCUT2D eigenvalue weighted by molar-refractivity contribution is 0.00708. The summed E-state index contributed by atoms with van der Waals surface area (Å²) in [6, 6.07) is 3.54. The van der Waals surface area contributed by atoms with E-state index in [0.717, 1.165) is 51.9 Å². The van der Waals surface area contributed by atoms with E-state index in [1.54, 1.807) is 22.8 Å². The molecule has 1 amide bonds. The van der Waals surface area contributed by atoms with Gasteiger partial charge in [-0.15, -0.1) is 5.10 Å². The maximum atomic E-state index is 13.1. The molecule has 1 fully saturated rings. The lowest BCUT2D eigenvalue weighted by Crippen LogP contribution is -2.57. The maximum absolute atomic E-state index is 13.1. The van der Waals surface area contributed by atoms with Crippen LogP contribution < -0.4 is 0 Å². The Kier molecular flexibility index (Phi) is 4.12. The first-order valence-corrected chi connectivity index (χ1v) is 9.96. The van der Waals surface area contributed by atoms with Gasteiger partial charge in [-0.25, -0.2) is 9.50 Å². The molecule has 0 radical (unpaired) electrons. The van der Waals surface area contributed by atoms with Crippen LogP contribution in [0.15, 0.2) is 24.7 Å². The van der Waals surface area contributed by atoms with Crippen LogP contribution in [0.5, 0.6) is 0 Å². The van der Waals surface area contributed by atoms with E-state index in [1.807, 2.05) is 11.2 Å². The van der Waals surface area contributed by atoms with Crippen molar-refractivity contribution in [2.24, 2.45) is 0 Å². The summed E-state index contributed by atoms with van der Waals surface area (Å²) in [5, 5.41) is 11.4. The molecule has 5 heterocycles. The lowest BCUT2D eigenvalue weighted by Gasteiger charge is -2.50. The summed E-state index contributed by atoms with van der Waals surface area (Å²) in [6.07, 6.45) is 7.51. The van der Waals surface area contributed by atoms with E-state index >= 15 is 0 Å². The van der Waals surface area contributed by atoms with Gasteiger partial charge >= 0.3 is 0 Å². The molecule has 9 heteroatoms. The second-order valence-corrected chi connectivity index (χ2v) is 7.69. The van der Waals surface area contributed by atoms with Crippen LogP contribution in [-0.2, 0) is 12.0 Å². The number of H-pyrrole nitrogens is 1. The number of carbonyl (C=O) groups is 1. The molecule has 2 aliphatic rings. The van der Waals surface area contributed by atoms with Crippen LogP contribution in [0.4, 0.5) is 0 Å². The van der Waals surface area contributed by atoms with Crippen molar-refractivity contribution in [3.8, 4) is 0 Å². The van der Waals surface area contributed by atoms with E-state index < -0.39 is 0 Å². The van der Waals surface area contributed by atoms with Gasteiger partial charge in [-0.3, -0.25) is 9.69 Å². The number of aromatic amines is 1. The highest BCUT2D eigenvalue weighted by Gasteiger charge is 2.46. The van der Waals surface area contributed by atoms with E-state index in [4.69, 9.17) is 4.98 Å². The number of nitrogens with one attached hydrogen (secondary N) is 1. The van der Waals surface area contributed by atoms with Crippen molar-refractivity contribution in [1.82, 2.24) is 39.8 Å². The van der Waals surface area contributed by atoms with Crippen LogP contribution in [0.2, 0.25) is 0 Å². The SMILES string of the molecule is CCCN1CCc2[nH]cnc2C12CCN(C(=O)c1ccn3nnnc3c1)CC2. The van der Waals surface area contributed by atoms with Crippen LogP contribution in [0.3, 0.4) is 0 Å². The molecule has 1 spiro atoms. The molecule has 146 valence electrons. The van der Waals surface area contributed by atoms with Gasteiger partial charge in [0.15, 0.2) is 5.65 Å². The first-order chi connectivity index (χ1) is 13.7. The molecular formula is C19H24N8O. The zero-order valence-electron chi connectivity index (χ0n) is 16.0. The van der Waals surface area contributed by atoms with E-state index in [2.05, 4.69) is 32.3 Å². The Morgan fingerprint density at radius 1 is 1.29 bits per heavy atom. The van der Waals surface area contributed by atoms with Gasteiger partial charge in [0.05, 0.1) is 17.6 Å². The van der Waals surface area contributed by atoms with E-state index in [-0.39, 0.29) is 11.4 Å². The number of amides is 1. The molecular weight excluding hydrogens is 356 g/mol. The van der Waals surface area contributed by atoms with Crippen molar-refractivity contribution in [2.75, 3.05) is 26.2 Å². The molecule has 28 heavy (non-hydrogen) atoms. The van der Waals surface area contributed by atoms with E-state index in [9.17, 15) is 4.79 Å². The number of tetrazole rings is 1. The van der Waals surface area contributed by atoms with Gasteiger partial charge < -0.3 is 9.88 Å². The highest BCUT2D eigenvalue weighted by atomic mass is 16.2. The third-order valence-corrected chi connectivity index (χ3v) is 6.21. The Bertz CT molecular complexity index is 1000. The van der Waals surface area contributed by atoms with Gasteiger partial charge in [0.2, 0.25) is 0 Å². The Morgan fingerprint density at radius 2 is 2.14 bits per heavy atom. The fourth-order valence-electron chi connectivity index (χ4n) is 4.81. The molecule has 0 saturated carbocycles. The van der Waals surface area contributed by atoms with Gasteiger partial charge in [-0.2, -0.15) is 0 Å². The van der Waals surface area contributed by atoms with Crippen molar-refractivity contribution in [3.63, 3.8) is 0 Å². The smallest absolute Gasteiger partial charge is 0.254 e. The van der Waals surface area contributed by atoms with E-state index in [1.165, 1.54) is 11.4 Å². The molecule has 0 atom stereocenters. The van der Waals surface area contributed by atoms with Crippen molar-refractivity contribution in [3.05, 3.63) is 41.6 Å². The second-order valence-electron chi connectivity index (χ2n) is 7.69. The highest BCUT2D eigenvalue weighted by Crippen LogP contribution is 2.42. The predicted molar refractivity (Wildman–Crippen MR) is 102 cm³/mol.